The Hall–Kier alpha value is -2.66. The number of aromatic nitrogens is 1. The number of nitrogens with zero attached hydrogens (tertiary/aromatic N) is 2. The number of anilines is 1. The van der Waals surface area contributed by atoms with Crippen LogP contribution < -0.4 is 10.2 Å². The van der Waals surface area contributed by atoms with Gasteiger partial charge in [0.1, 0.15) is 12.4 Å². The van der Waals surface area contributed by atoms with E-state index in [0.29, 0.717) is 6.61 Å². The first-order valence-electron chi connectivity index (χ1n) is 7.27. The molecule has 0 saturated heterocycles. The number of aryl methyl sites for hydroxylation is 1. The third-order valence-electron chi connectivity index (χ3n) is 3.12. The summed E-state index contributed by atoms with van der Waals surface area (Å²) in [7, 11) is 0. The molecule has 3 rings (SSSR count). The van der Waals surface area contributed by atoms with Gasteiger partial charge in [-0.1, -0.05) is 30.3 Å². The van der Waals surface area contributed by atoms with E-state index in [9.17, 15) is 0 Å². The molecule has 1 N–H and O–H groups in total. The van der Waals surface area contributed by atoms with Gasteiger partial charge in [-0.3, -0.25) is 5.43 Å². The predicted molar refractivity (Wildman–Crippen MR) is 95.3 cm³/mol. The number of nitrogens with one attached hydrogen (secondary N) is 1. The number of hydrogen-bond acceptors (Lipinski definition) is 5. The van der Waals surface area contributed by atoms with Crippen LogP contribution in [-0.2, 0) is 6.61 Å². The number of thiazole rings is 1. The van der Waals surface area contributed by atoms with Crippen molar-refractivity contribution < 1.29 is 4.74 Å². The van der Waals surface area contributed by atoms with E-state index in [2.05, 4.69) is 15.5 Å². The van der Waals surface area contributed by atoms with Crippen LogP contribution in [0, 0.1) is 6.92 Å². The van der Waals surface area contributed by atoms with Crippen molar-refractivity contribution in [1.29, 1.82) is 0 Å². The molecule has 0 saturated carbocycles. The largest absolute Gasteiger partial charge is 0.489 e. The molecule has 4 nitrogen and oxygen atoms in total. The topological polar surface area (TPSA) is 46.5 Å². The summed E-state index contributed by atoms with van der Waals surface area (Å²) >= 11 is 1.54. The van der Waals surface area contributed by atoms with Crippen LogP contribution in [0.25, 0.3) is 0 Å². The molecule has 0 amide bonds. The van der Waals surface area contributed by atoms with Gasteiger partial charge in [0.2, 0.25) is 5.13 Å². The van der Waals surface area contributed by atoms with E-state index in [0.717, 1.165) is 27.7 Å². The minimum Gasteiger partial charge on any atom is -0.489 e. The Kier molecular flexibility index (Phi) is 5.01. The second-order valence-corrected chi connectivity index (χ2v) is 5.87. The summed E-state index contributed by atoms with van der Waals surface area (Å²) in [5, 5.41) is 6.96. The van der Waals surface area contributed by atoms with Crippen molar-refractivity contribution in [2.24, 2.45) is 5.10 Å². The van der Waals surface area contributed by atoms with E-state index in [1.165, 1.54) is 11.3 Å². The summed E-state index contributed by atoms with van der Waals surface area (Å²) in [6.07, 6.45) is 1.76. The van der Waals surface area contributed by atoms with Crippen LogP contribution in [0.15, 0.2) is 65.1 Å². The molecule has 0 bridgehead atoms. The second kappa shape index (κ2) is 7.56. The molecule has 0 fully saturated rings. The summed E-state index contributed by atoms with van der Waals surface area (Å²) in [6.45, 7) is 2.53. The lowest BCUT2D eigenvalue weighted by Crippen LogP contribution is -1.95. The number of ether oxygens (including phenoxy) is 1. The third kappa shape index (κ3) is 4.66. The molecule has 3 aromatic rings. The fourth-order valence-electron chi connectivity index (χ4n) is 1.96. The summed E-state index contributed by atoms with van der Waals surface area (Å²) in [5.74, 6) is 0.842. The Morgan fingerprint density at radius 2 is 1.91 bits per heavy atom. The molecule has 2 aromatic carbocycles. The van der Waals surface area contributed by atoms with Crippen molar-refractivity contribution in [2.45, 2.75) is 13.5 Å². The summed E-state index contributed by atoms with van der Waals surface area (Å²) in [5.41, 5.74) is 6.07. The van der Waals surface area contributed by atoms with E-state index in [-0.39, 0.29) is 0 Å². The Morgan fingerprint density at radius 1 is 1.13 bits per heavy atom. The van der Waals surface area contributed by atoms with Crippen molar-refractivity contribution in [1.82, 2.24) is 4.98 Å². The van der Waals surface area contributed by atoms with Gasteiger partial charge >= 0.3 is 0 Å². The van der Waals surface area contributed by atoms with Gasteiger partial charge in [0.15, 0.2) is 0 Å². The summed E-state index contributed by atoms with van der Waals surface area (Å²) in [6, 6.07) is 17.9. The zero-order valence-corrected chi connectivity index (χ0v) is 13.6. The number of hydrazone groups is 1. The van der Waals surface area contributed by atoms with Gasteiger partial charge in [-0.15, -0.1) is 11.3 Å². The van der Waals surface area contributed by atoms with Crippen LogP contribution in [0.5, 0.6) is 5.75 Å². The standard InChI is InChI=1S/C18H17N3OS/c1-14-13-23-18(20-14)21-19-11-15-7-9-17(10-8-15)22-12-16-5-3-2-4-6-16/h2-11,13H,12H2,1H3,(H,20,21)/b19-11-. The van der Waals surface area contributed by atoms with Crippen molar-refractivity contribution in [2.75, 3.05) is 5.43 Å². The minimum atomic E-state index is 0.569. The van der Waals surface area contributed by atoms with Crippen LogP contribution in [0.1, 0.15) is 16.8 Å². The van der Waals surface area contributed by atoms with Gasteiger partial charge in [-0.05, 0) is 42.3 Å². The highest BCUT2D eigenvalue weighted by molar-refractivity contribution is 7.13. The minimum absolute atomic E-state index is 0.569. The molecule has 0 unspecified atom stereocenters. The van der Waals surface area contributed by atoms with Crippen LogP contribution in [0.4, 0.5) is 5.13 Å². The molecule has 23 heavy (non-hydrogen) atoms. The van der Waals surface area contributed by atoms with E-state index >= 15 is 0 Å². The average molecular weight is 323 g/mol. The molecule has 116 valence electrons. The normalized spacial score (nSPS) is 10.8. The average Bonchev–Trinajstić information content (AvgIpc) is 3.00. The van der Waals surface area contributed by atoms with Crippen LogP contribution >= 0.6 is 11.3 Å². The fraction of sp³-hybridized carbons (Fsp3) is 0.111. The van der Waals surface area contributed by atoms with Crippen LogP contribution in [0.3, 0.4) is 0 Å². The maximum atomic E-state index is 5.76. The molecular weight excluding hydrogens is 306 g/mol. The smallest absolute Gasteiger partial charge is 0.203 e. The quantitative estimate of drug-likeness (QED) is 0.537. The monoisotopic (exact) mass is 323 g/mol. The number of benzene rings is 2. The molecule has 0 aliphatic rings. The maximum absolute atomic E-state index is 5.76. The van der Waals surface area contributed by atoms with Gasteiger partial charge in [0.25, 0.3) is 0 Å². The lowest BCUT2D eigenvalue weighted by molar-refractivity contribution is 0.306. The number of rotatable bonds is 6. The summed E-state index contributed by atoms with van der Waals surface area (Å²) < 4.78 is 5.76. The van der Waals surface area contributed by atoms with Gasteiger partial charge in [0.05, 0.1) is 11.9 Å². The molecule has 0 spiro atoms. The van der Waals surface area contributed by atoms with E-state index in [1.807, 2.05) is 66.9 Å². The van der Waals surface area contributed by atoms with Crippen molar-refractivity contribution in [3.8, 4) is 5.75 Å². The van der Waals surface area contributed by atoms with Crippen molar-refractivity contribution in [3.05, 3.63) is 76.8 Å². The van der Waals surface area contributed by atoms with Crippen molar-refractivity contribution in [3.63, 3.8) is 0 Å². The van der Waals surface area contributed by atoms with Crippen LogP contribution in [-0.4, -0.2) is 11.2 Å². The van der Waals surface area contributed by atoms with Gasteiger partial charge in [-0.2, -0.15) is 5.10 Å². The maximum Gasteiger partial charge on any atom is 0.203 e. The second-order valence-electron chi connectivity index (χ2n) is 5.01. The third-order valence-corrected chi connectivity index (χ3v) is 3.99. The van der Waals surface area contributed by atoms with Gasteiger partial charge < -0.3 is 4.74 Å². The Morgan fingerprint density at radius 3 is 2.61 bits per heavy atom. The molecule has 0 aliphatic carbocycles. The zero-order valence-electron chi connectivity index (χ0n) is 12.8. The highest BCUT2D eigenvalue weighted by Crippen LogP contribution is 2.15. The Balaban J connectivity index is 1.52. The Bertz CT molecular complexity index is 766. The Labute approximate surface area is 139 Å². The van der Waals surface area contributed by atoms with E-state index in [1.54, 1.807) is 6.21 Å². The van der Waals surface area contributed by atoms with Crippen molar-refractivity contribution >= 4 is 22.7 Å². The SMILES string of the molecule is Cc1csc(N/N=C\c2ccc(OCc3ccccc3)cc2)n1. The summed E-state index contributed by atoms with van der Waals surface area (Å²) in [4.78, 5) is 4.28. The highest BCUT2D eigenvalue weighted by Gasteiger charge is 1.97. The highest BCUT2D eigenvalue weighted by atomic mass is 32.1. The molecule has 1 heterocycles. The van der Waals surface area contributed by atoms with Crippen LogP contribution in [0.2, 0.25) is 0 Å². The lowest BCUT2D eigenvalue weighted by atomic mass is 10.2. The first-order chi connectivity index (χ1) is 11.3. The van der Waals surface area contributed by atoms with Gasteiger partial charge in [-0.25, -0.2) is 4.98 Å². The first kappa shape index (κ1) is 15.2. The van der Waals surface area contributed by atoms with Gasteiger partial charge in [0, 0.05) is 5.38 Å². The molecule has 1 aromatic heterocycles. The molecule has 0 atom stereocenters. The fourth-order valence-corrected chi connectivity index (χ4v) is 2.60. The molecule has 5 heteroatoms. The van der Waals surface area contributed by atoms with E-state index in [4.69, 9.17) is 4.74 Å². The molecule has 0 aliphatic heterocycles. The predicted octanol–water partition coefficient (Wildman–Crippen LogP) is 4.48. The zero-order chi connectivity index (χ0) is 15.9. The lowest BCUT2D eigenvalue weighted by Gasteiger charge is -2.06. The first-order valence-corrected chi connectivity index (χ1v) is 8.15. The van der Waals surface area contributed by atoms with E-state index < -0.39 is 0 Å². The number of hydrogen-bond donors (Lipinski definition) is 1. The molecular formula is C18H17N3OS. The molecule has 0 radical (unpaired) electrons.